The molecule has 280 valence electrons. The maximum Gasteiger partial charge on any atom is 0.472 e. The Bertz CT molecular complexity index is 771. The summed E-state index contributed by atoms with van der Waals surface area (Å²) < 4.78 is 22.0. The summed E-state index contributed by atoms with van der Waals surface area (Å²) in [5, 5.41) is 23.9. The van der Waals surface area contributed by atoms with E-state index >= 15 is 0 Å². The van der Waals surface area contributed by atoms with Crippen LogP contribution in [0.15, 0.2) is 12.2 Å². The van der Waals surface area contributed by atoms with Gasteiger partial charge in [-0.2, -0.15) is 0 Å². The third-order valence-corrected chi connectivity index (χ3v) is 9.66. The summed E-state index contributed by atoms with van der Waals surface area (Å²) in [4.78, 5) is 22.6. The number of allylic oxidation sites excluding steroid dienone is 1. The summed E-state index contributed by atoms with van der Waals surface area (Å²) in [6, 6.07) is -0.906. The third-order valence-electron chi connectivity index (χ3n) is 8.67. The molecule has 0 heterocycles. The maximum absolute atomic E-state index is 12.7. The summed E-state index contributed by atoms with van der Waals surface area (Å²) in [6.45, 7) is 3.96. The molecule has 0 aliphatic carbocycles. The molecule has 0 aromatic rings. The largest absolute Gasteiger partial charge is 0.472 e. The Labute approximate surface area is 288 Å². The quantitative estimate of drug-likeness (QED) is 0.0248. The van der Waals surface area contributed by atoms with Gasteiger partial charge in [0.15, 0.2) is 0 Å². The van der Waals surface area contributed by atoms with E-state index in [1.54, 1.807) is 0 Å². The number of carbonyl (C=O) groups excluding carboxylic acids is 1. The van der Waals surface area contributed by atoms with E-state index in [1.165, 1.54) is 116 Å². The fourth-order valence-corrected chi connectivity index (χ4v) is 6.47. The van der Waals surface area contributed by atoms with Crippen LogP contribution in [0.25, 0.3) is 0 Å². The minimum absolute atomic E-state index is 0.0567. The first-order valence-corrected chi connectivity index (χ1v) is 20.9. The van der Waals surface area contributed by atoms with Crippen LogP contribution >= 0.6 is 7.82 Å². The van der Waals surface area contributed by atoms with Crippen molar-refractivity contribution in [1.82, 2.24) is 5.32 Å². The number of rotatable bonds is 36. The van der Waals surface area contributed by atoms with Gasteiger partial charge in [-0.15, -0.1) is 0 Å². The number of unbranched alkanes of at least 4 members (excludes halogenated alkanes) is 21. The molecule has 0 rings (SSSR count). The number of nitrogens with one attached hydrogen (secondary N) is 1. The molecule has 0 radical (unpaired) electrons. The van der Waals surface area contributed by atoms with Gasteiger partial charge in [0, 0.05) is 6.54 Å². The van der Waals surface area contributed by atoms with Gasteiger partial charge < -0.3 is 26.2 Å². The van der Waals surface area contributed by atoms with Crippen LogP contribution in [-0.4, -0.2) is 59.0 Å². The number of aliphatic hydroxyl groups is 2. The number of hydrogen-bond donors (Lipinski definition) is 5. The highest BCUT2D eigenvalue weighted by Crippen LogP contribution is 2.43. The van der Waals surface area contributed by atoms with Crippen LogP contribution in [-0.2, 0) is 18.4 Å². The van der Waals surface area contributed by atoms with Gasteiger partial charge in [-0.3, -0.25) is 13.8 Å². The maximum atomic E-state index is 12.7. The summed E-state index contributed by atoms with van der Waals surface area (Å²) >= 11 is 0. The van der Waals surface area contributed by atoms with Gasteiger partial charge in [0.25, 0.3) is 0 Å². The Kier molecular flexibility index (Phi) is 33.1. The van der Waals surface area contributed by atoms with E-state index in [-0.39, 0.29) is 19.6 Å². The van der Waals surface area contributed by atoms with E-state index in [2.05, 4.69) is 19.2 Å². The van der Waals surface area contributed by atoms with Gasteiger partial charge in [0.2, 0.25) is 5.91 Å². The zero-order valence-corrected chi connectivity index (χ0v) is 31.3. The number of phosphoric acid groups is 1. The summed E-state index contributed by atoms with van der Waals surface area (Å²) in [7, 11) is -4.37. The van der Waals surface area contributed by atoms with Crippen LogP contribution in [0, 0.1) is 0 Å². The highest BCUT2D eigenvalue weighted by Gasteiger charge is 2.28. The molecule has 0 spiro atoms. The van der Waals surface area contributed by atoms with Crippen LogP contribution in [0.3, 0.4) is 0 Å². The Morgan fingerprint density at radius 1 is 0.723 bits per heavy atom. The highest BCUT2D eigenvalue weighted by atomic mass is 31.2. The Morgan fingerprint density at radius 2 is 1.19 bits per heavy atom. The predicted molar refractivity (Wildman–Crippen MR) is 195 cm³/mol. The van der Waals surface area contributed by atoms with Crippen LogP contribution < -0.4 is 11.1 Å². The van der Waals surface area contributed by atoms with Crippen LogP contribution in [0.2, 0.25) is 0 Å². The zero-order valence-electron chi connectivity index (χ0n) is 30.4. The SMILES string of the molecule is CCCCCC/C=C\CC(O)CC(=O)NC(COP(=O)(O)OCCN)C(O)CCCCCCCCCCCCCCCCCCCC. The second kappa shape index (κ2) is 33.7. The number of aliphatic hydroxyl groups excluding tert-OH is 2. The van der Waals surface area contributed by atoms with Crippen molar-refractivity contribution in [2.75, 3.05) is 19.8 Å². The number of nitrogens with two attached hydrogens (primary N) is 1. The normalized spacial score (nSPS) is 15.1. The second-order valence-corrected chi connectivity index (χ2v) is 14.8. The molecule has 0 aromatic heterocycles. The monoisotopic (exact) mass is 691 g/mol. The Hall–Kier alpha value is -0.800. The molecule has 0 aromatic carbocycles. The molecular formula is C37H75N2O7P. The second-order valence-electron chi connectivity index (χ2n) is 13.3. The van der Waals surface area contributed by atoms with E-state index in [9.17, 15) is 24.5 Å². The van der Waals surface area contributed by atoms with Crippen LogP contribution in [0.4, 0.5) is 0 Å². The number of phosphoric ester groups is 1. The molecule has 4 atom stereocenters. The van der Waals surface area contributed by atoms with Gasteiger partial charge in [-0.25, -0.2) is 4.57 Å². The van der Waals surface area contributed by atoms with Crippen LogP contribution in [0.5, 0.6) is 0 Å². The van der Waals surface area contributed by atoms with Gasteiger partial charge in [0.1, 0.15) is 0 Å². The summed E-state index contributed by atoms with van der Waals surface area (Å²) in [5.41, 5.74) is 5.34. The lowest BCUT2D eigenvalue weighted by molar-refractivity contribution is -0.125. The van der Waals surface area contributed by atoms with E-state index in [0.29, 0.717) is 12.8 Å². The zero-order chi connectivity index (χ0) is 34.9. The molecule has 0 aliphatic rings. The van der Waals surface area contributed by atoms with Crippen molar-refractivity contribution in [1.29, 1.82) is 0 Å². The molecule has 1 amide bonds. The molecule has 4 unspecified atom stereocenters. The first kappa shape index (κ1) is 46.2. The summed E-state index contributed by atoms with van der Waals surface area (Å²) in [6.07, 6.45) is 31.5. The van der Waals surface area contributed by atoms with Gasteiger partial charge in [-0.1, -0.05) is 161 Å². The standard InChI is InChI=1S/C37H75N2O7P/c1-3-5-7-9-11-12-13-14-15-16-17-18-19-20-21-23-25-27-29-36(41)35(33-46-47(43,44)45-31-30-38)39-37(42)32-34(40)28-26-24-22-10-8-6-4-2/h24,26,34-36,40-41H,3-23,25,27-33,38H2,1-2H3,(H,39,42)(H,43,44)/b26-24-. The lowest BCUT2D eigenvalue weighted by atomic mass is 10.0. The molecule has 0 saturated carbocycles. The van der Waals surface area contributed by atoms with Crippen LogP contribution in [0.1, 0.15) is 181 Å². The fraction of sp³-hybridized carbons (Fsp3) is 0.919. The fourth-order valence-electron chi connectivity index (χ4n) is 5.71. The molecular weight excluding hydrogens is 615 g/mol. The summed E-state index contributed by atoms with van der Waals surface area (Å²) in [5.74, 6) is -0.449. The van der Waals surface area contributed by atoms with Gasteiger partial charge >= 0.3 is 7.82 Å². The molecule has 10 heteroatoms. The van der Waals surface area contributed by atoms with Crippen molar-refractivity contribution in [3.05, 3.63) is 12.2 Å². The predicted octanol–water partition coefficient (Wildman–Crippen LogP) is 9.02. The molecule has 0 aliphatic heterocycles. The molecule has 47 heavy (non-hydrogen) atoms. The first-order valence-electron chi connectivity index (χ1n) is 19.4. The van der Waals surface area contributed by atoms with Crippen molar-refractivity contribution in [3.8, 4) is 0 Å². The van der Waals surface area contributed by atoms with Crippen molar-refractivity contribution < 1.29 is 33.5 Å². The lowest BCUT2D eigenvalue weighted by Gasteiger charge is -2.25. The average Bonchev–Trinajstić information content (AvgIpc) is 3.04. The number of carbonyl (C=O) groups is 1. The topological polar surface area (TPSA) is 151 Å². The van der Waals surface area contributed by atoms with Gasteiger partial charge in [0.05, 0.1) is 37.9 Å². The van der Waals surface area contributed by atoms with Crippen molar-refractivity contribution >= 4 is 13.7 Å². The third kappa shape index (κ3) is 32.2. The van der Waals surface area contributed by atoms with E-state index in [0.717, 1.165) is 32.1 Å². The van der Waals surface area contributed by atoms with E-state index < -0.39 is 38.6 Å². The Balaban J connectivity index is 4.28. The highest BCUT2D eigenvalue weighted by molar-refractivity contribution is 7.47. The lowest BCUT2D eigenvalue weighted by Crippen LogP contribution is -2.47. The molecule has 6 N–H and O–H groups in total. The molecule has 9 nitrogen and oxygen atoms in total. The smallest absolute Gasteiger partial charge is 0.392 e. The molecule has 0 fully saturated rings. The average molecular weight is 691 g/mol. The molecule has 0 saturated heterocycles. The van der Waals surface area contributed by atoms with Crippen molar-refractivity contribution in [2.24, 2.45) is 5.73 Å². The number of amides is 1. The minimum atomic E-state index is -4.37. The van der Waals surface area contributed by atoms with E-state index in [4.69, 9.17) is 14.8 Å². The number of hydrogen-bond acceptors (Lipinski definition) is 7. The van der Waals surface area contributed by atoms with Crippen molar-refractivity contribution in [2.45, 2.75) is 199 Å². The molecule has 0 bridgehead atoms. The Morgan fingerprint density at radius 3 is 1.68 bits per heavy atom. The first-order chi connectivity index (χ1) is 22.8. The van der Waals surface area contributed by atoms with Gasteiger partial charge in [-0.05, 0) is 25.7 Å². The van der Waals surface area contributed by atoms with E-state index in [1.807, 2.05) is 12.2 Å². The van der Waals surface area contributed by atoms with Crippen molar-refractivity contribution in [3.63, 3.8) is 0 Å². The minimum Gasteiger partial charge on any atom is -0.392 e.